The molecule has 2 rings (SSSR count). The van der Waals surface area contributed by atoms with Gasteiger partial charge in [-0.05, 0) is 18.7 Å². The molecule has 2 aromatic rings. The zero-order valence-corrected chi connectivity index (χ0v) is 13.7. The average Bonchev–Trinajstić information content (AvgIpc) is 2.58. The molecule has 124 valence electrons. The molecule has 4 nitrogen and oxygen atoms in total. The van der Waals surface area contributed by atoms with Crippen LogP contribution in [0, 0.1) is 0 Å². The van der Waals surface area contributed by atoms with E-state index in [1.807, 2.05) is 49.5 Å². The highest BCUT2D eigenvalue weighted by Gasteiger charge is 2.18. The van der Waals surface area contributed by atoms with Crippen LogP contribution in [0.1, 0.15) is 17.2 Å². The monoisotopic (exact) mass is 314 g/mol. The van der Waals surface area contributed by atoms with E-state index in [1.54, 1.807) is 0 Å². The van der Waals surface area contributed by atoms with Crippen LogP contribution in [0.2, 0.25) is 0 Å². The molecule has 3 N–H and O–H groups in total. The van der Waals surface area contributed by atoms with Gasteiger partial charge in [0, 0.05) is 25.1 Å². The molecular weight excluding hydrogens is 288 g/mol. The molecule has 0 aliphatic carbocycles. The maximum absolute atomic E-state index is 9.15. The van der Waals surface area contributed by atoms with Crippen LogP contribution < -0.4 is 10.5 Å². The Morgan fingerprint density at radius 2 is 1.78 bits per heavy atom. The Kier molecular flexibility index (Phi) is 7.07. The first-order chi connectivity index (χ1) is 11.3. The number of hydrogen-bond donors (Lipinski definition) is 2. The van der Waals surface area contributed by atoms with Crippen LogP contribution in [0.3, 0.4) is 0 Å². The Morgan fingerprint density at radius 3 is 2.48 bits per heavy atom. The first-order valence-electron chi connectivity index (χ1n) is 8.03. The lowest BCUT2D eigenvalue weighted by Crippen LogP contribution is -2.33. The zero-order valence-electron chi connectivity index (χ0n) is 13.7. The van der Waals surface area contributed by atoms with Crippen LogP contribution in [0.4, 0.5) is 0 Å². The summed E-state index contributed by atoms with van der Waals surface area (Å²) in [6, 6.07) is 18.3. The summed E-state index contributed by atoms with van der Waals surface area (Å²) in [4.78, 5) is 2.05. The van der Waals surface area contributed by atoms with E-state index in [0.29, 0.717) is 19.7 Å². The Hall–Kier alpha value is -1.88. The number of aliphatic hydroxyl groups excluding tert-OH is 1. The highest BCUT2D eigenvalue weighted by Crippen LogP contribution is 2.28. The van der Waals surface area contributed by atoms with Crippen molar-refractivity contribution in [1.82, 2.24) is 4.90 Å². The normalized spacial score (nSPS) is 12.3. The number of aliphatic hydroxyl groups is 1. The maximum Gasteiger partial charge on any atom is 0.124 e. The zero-order chi connectivity index (χ0) is 16.5. The van der Waals surface area contributed by atoms with Crippen molar-refractivity contribution < 1.29 is 9.84 Å². The van der Waals surface area contributed by atoms with E-state index in [9.17, 15) is 0 Å². The van der Waals surface area contributed by atoms with Crippen molar-refractivity contribution in [2.75, 3.05) is 33.4 Å². The summed E-state index contributed by atoms with van der Waals surface area (Å²) in [5.74, 6) is 0.865. The Balaban J connectivity index is 2.04. The quantitative estimate of drug-likeness (QED) is 0.745. The highest BCUT2D eigenvalue weighted by molar-refractivity contribution is 5.36. The van der Waals surface area contributed by atoms with Gasteiger partial charge in [0.1, 0.15) is 5.75 Å². The van der Waals surface area contributed by atoms with Crippen molar-refractivity contribution in [3.63, 3.8) is 0 Å². The minimum absolute atomic E-state index is 0.0371. The minimum Gasteiger partial charge on any atom is -0.493 e. The predicted octanol–water partition coefficient (Wildman–Crippen LogP) is 2.23. The molecule has 0 heterocycles. The van der Waals surface area contributed by atoms with E-state index in [4.69, 9.17) is 15.6 Å². The van der Waals surface area contributed by atoms with E-state index in [-0.39, 0.29) is 12.6 Å². The van der Waals surface area contributed by atoms with Crippen LogP contribution in [0.25, 0.3) is 0 Å². The van der Waals surface area contributed by atoms with Crippen molar-refractivity contribution in [2.24, 2.45) is 5.73 Å². The number of rotatable bonds is 9. The van der Waals surface area contributed by atoms with Crippen LogP contribution in [0.15, 0.2) is 54.6 Å². The summed E-state index contributed by atoms with van der Waals surface area (Å²) in [6.07, 6.45) is 0.870. The summed E-state index contributed by atoms with van der Waals surface area (Å²) >= 11 is 0. The van der Waals surface area contributed by atoms with Gasteiger partial charge in [-0.15, -0.1) is 0 Å². The van der Waals surface area contributed by atoms with Crippen molar-refractivity contribution in [3.05, 3.63) is 65.7 Å². The van der Waals surface area contributed by atoms with Crippen LogP contribution in [-0.2, 0) is 6.42 Å². The minimum atomic E-state index is 0.0371. The fourth-order valence-corrected chi connectivity index (χ4v) is 2.67. The summed E-state index contributed by atoms with van der Waals surface area (Å²) in [5.41, 5.74) is 8.28. The third kappa shape index (κ3) is 5.06. The summed E-state index contributed by atoms with van der Waals surface area (Å²) < 4.78 is 6.01. The van der Waals surface area contributed by atoms with E-state index in [1.165, 1.54) is 5.56 Å². The lowest BCUT2D eigenvalue weighted by atomic mass is 10.0. The summed E-state index contributed by atoms with van der Waals surface area (Å²) in [7, 11) is 1.97. The third-order valence-corrected chi connectivity index (χ3v) is 3.98. The molecule has 0 radical (unpaired) electrons. The third-order valence-electron chi connectivity index (χ3n) is 3.98. The fourth-order valence-electron chi connectivity index (χ4n) is 2.67. The molecule has 23 heavy (non-hydrogen) atoms. The van der Waals surface area contributed by atoms with E-state index >= 15 is 0 Å². The molecule has 0 aromatic heterocycles. The van der Waals surface area contributed by atoms with Crippen LogP contribution >= 0.6 is 0 Å². The molecule has 0 saturated carbocycles. The lowest BCUT2D eigenvalue weighted by molar-refractivity contribution is 0.180. The molecule has 0 fully saturated rings. The van der Waals surface area contributed by atoms with Crippen molar-refractivity contribution in [1.29, 1.82) is 0 Å². The van der Waals surface area contributed by atoms with Gasteiger partial charge in [0.05, 0.1) is 19.3 Å². The number of nitrogens with zero attached hydrogens (tertiary/aromatic N) is 1. The van der Waals surface area contributed by atoms with E-state index in [0.717, 1.165) is 17.7 Å². The topological polar surface area (TPSA) is 58.7 Å². The molecule has 2 aromatic carbocycles. The van der Waals surface area contributed by atoms with Gasteiger partial charge in [-0.25, -0.2) is 0 Å². The SMILES string of the molecule is CN(CCO)C(CN)c1ccccc1OCCc1ccccc1. The van der Waals surface area contributed by atoms with E-state index in [2.05, 4.69) is 17.0 Å². The van der Waals surface area contributed by atoms with Gasteiger partial charge >= 0.3 is 0 Å². The molecule has 0 aliphatic rings. The number of para-hydroxylation sites is 1. The van der Waals surface area contributed by atoms with Gasteiger partial charge in [-0.1, -0.05) is 48.5 Å². The Bertz CT molecular complexity index is 575. The van der Waals surface area contributed by atoms with Crippen molar-refractivity contribution >= 4 is 0 Å². The molecule has 1 unspecified atom stereocenters. The van der Waals surface area contributed by atoms with Gasteiger partial charge in [0.15, 0.2) is 0 Å². The van der Waals surface area contributed by atoms with Crippen LogP contribution in [0.5, 0.6) is 5.75 Å². The summed E-state index contributed by atoms with van der Waals surface area (Å²) in [5, 5.41) is 9.15. The maximum atomic E-state index is 9.15. The second-order valence-corrected chi connectivity index (χ2v) is 5.58. The van der Waals surface area contributed by atoms with Gasteiger partial charge < -0.3 is 15.6 Å². The molecule has 4 heteroatoms. The first-order valence-corrected chi connectivity index (χ1v) is 8.03. The number of hydrogen-bond acceptors (Lipinski definition) is 4. The molecule has 0 amide bonds. The second-order valence-electron chi connectivity index (χ2n) is 5.58. The predicted molar refractivity (Wildman–Crippen MR) is 93.6 cm³/mol. The smallest absolute Gasteiger partial charge is 0.124 e. The molecule has 1 atom stereocenters. The standard InChI is InChI=1S/C19H26N2O2/c1-21(12-13-22)18(15-20)17-9-5-6-10-19(17)23-14-11-16-7-3-2-4-8-16/h2-10,18,22H,11-15,20H2,1H3. The van der Waals surface area contributed by atoms with Gasteiger partial charge in [0.2, 0.25) is 0 Å². The largest absolute Gasteiger partial charge is 0.493 e. The van der Waals surface area contributed by atoms with E-state index < -0.39 is 0 Å². The molecule has 0 bridgehead atoms. The number of nitrogens with two attached hydrogens (primary N) is 1. The van der Waals surface area contributed by atoms with Gasteiger partial charge in [-0.2, -0.15) is 0 Å². The Morgan fingerprint density at radius 1 is 1.09 bits per heavy atom. The molecule has 0 aliphatic heterocycles. The first kappa shape index (κ1) is 17.5. The molecule has 0 saturated heterocycles. The van der Waals surface area contributed by atoms with Crippen LogP contribution in [-0.4, -0.2) is 43.4 Å². The van der Waals surface area contributed by atoms with Crippen molar-refractivity contribution in [3.8, 4) is 5.75 Å². The van der Waals surface area contributed by atoms with Gasteiger partial charge in [-0.3, -0.25) is 4.90 Å². The number of ether oxygens (including phenoxy) is 1. The van der Waals surface area contributed by atoms with Crippen molar-refractivity contribution in [2.45, 2.75) is 12.5 Å². The average molecular weight is 314 g/mol. The highest BCUT2D eigenvalue weighted by atomic mass is 16.5. The molecular formula is C19H26N2O2. The second kappa shape index (κ2) is 9.30. The molecule has 0 spiro atoms. The Labute approximate surface area is 138 Å². The van der Waals surface area contributed by atoms with Gasteiger partial charge in [0.25, 0.3) is 0 Å². The summed E-state index contributed by atoms with van der Waals surface area (Å²) in [6.45, 7) is 1.81. The lowest BCUT2D eigenvalue weighted by Gasteiger charge is -2.28. The number of benzene rings is 2. The number of likely N-dealkylation sites (N-methyl/N-ethyl adjacent to an activating group) is 1. The fraction of sp³-hybridized carbons (Fsp3) is 0.368.